The number of halogens is 2. The van der Waals surface area contributed by atoms with Gasteiger partial charge in [0.25, 0.3) is 0 Å². The summed E-state index contributed by atoms with van der Waals surface area (Å²) in [5.74, 6) is -1.39. The van der Waals surface area contributed by atoms with Crippen molar-refractivity contribution in [3.8, 4) is 0 Å². The van der Waals surface area contributed by atoms with E-state index in [0.717, 1.165) is 16.9 Å². The Morgan fingerprint density at radius 1 is 1.07 bits per heavy atom. The van der Waals surface area contributed by atoms with Crippen LogP contribution in [0.5, 0.6) is 0 Å². The largest absolute Gasteiger partial charge is 0.326 e. The summed E-state index contributed by atoms with van der Waals surface area (Å²) in [6, 6.07) is 15.7. The minimum Gasteiger partial charge on any atom is -0.326 e. The number of nitrogens with zero attached hydrogens (tertiary/aromatic N) is 2. The summed E-state index contributed by atoms with van der Waals surface area (Å²) in [5.41, 5.74) is 3.82. The summed E-state index contributed by atoms with van der Waals surface area (Å²) >= 11 is 0. The van der Waals surface area contributed by atoms with E-state index in [1.54, 1.807) is 18.3 Å². The molecule has 0 saturated carbocycles. The zero-order chi connectivity index (χ0) is 20.4. The number of carbonyl (C=O) groups is 1. The van der Waals surface area contributed by atoms with Crippen LogP contribution in [0, 0.1) is 18.6 Å². The van der Waals surface area contributed by atoms with Crippen molar-refractivity contribution in [3.63, 3.8) is 0 Å². The molecule has 0 aliphatic carbocycles. The topological polar surface area (TPSA) is 46.4 Å². The summed E-state index contributed by atoms with van der Waals surface area (Å²) in [5, 5.41) is 2.77. The second kappa shape index (κ2) is 7.83. The van der Waals surface area contributed by atoms with E-state index in [-0.39, 0.29) is 24.0 Å². The van der Waals surface area contributed by atoms with Gasteiger partial charge >= 0.3 is 0 Å². The number of rotatable bonds is 5. The number of fused-ring (bicyclic) bond motifs is 1. The summed E-state index contributed by atoms with van der Waals surface area (Å²) in [7, 11) is 0. The van der Waals surface area contributed by atoms with E-state index in [0.29, 0.717) is 11.3 Å². The fraction of sp³-hybridized carbons (Fsp3) is 0.130. The van der Waals surface area contributed by atoms with Crippen molar-refractivity contribution >= 4 is 17.2 Å². The molecule has 146 valence electrons. The normalized spacial score (nSPS) is 12.1. The van der Waals surface area contributed by atoms with Crippen LogP contribution < -0.4 is 5.32 Å². The number of anilines is 1. The number of aromatic nitrogens is 2. The molecule has 0 aliphatic rings. The van der Waals surface area contributed by atoms with Crippen molar-refractivity contribution in [2.24, 2.45) is 0 Å². The maximum Gasteiger partial charge on any atom is 0.225 e. The second-order valence-corrected chi connectivity index (χ2v) is 6.98. The number of aryl methyl sites for hydroxylation is 1. The summed E-state index contributed by atoms with van der Waals surface area (Å²) < 4.78 is 28.9. The molecule has 4 aromatic rings. The SMILES string of the molecule is Cc1ccn2c([C@H](CC(=O)Nc3ccc(F)cc3)c3cccc(F)c3)cnc2c1. The van der Waals surface area contributed by atoms with Gasteiger partial charge in [-0.15, -0.1) is 0 Å². The maximum absolute atomic E-state index is 13.9. The zero-order valence-corrected chi connectivity index (χ0v) is 15.8. The number of benzene rings is 2. The molecule has 6 heteroatoms. The van der Waals surface area contributed by atoms with Crippen molar-refractivity contribution in [1.82, 2.24) is 9.38 Å². The standard InChI is InChI=1S/C23H19F2N3O/c1-15-9-10-28-21(14-26-22(28)11-15)20(16-3-2-4-18(25)12-16)13-23(29)27-19-7-5-17(24)6-8-19/h2-12,14,20H,13H2,1H3,(H,27,29)/t20-/m1/s1. The van der Waals surface area contributed by atoms with Gasteiger partial charge in [0, 0.05) is 30.4 Å². The van der Waals surface area contributed by atoms with Crippen LogP contribution in [0.2, 0.25) is 0 Å². The number of carbonyl (C=O) groups excluding carboxylic acids is 1. The average Bonchev–Trinajstić information content (AvgIpc) is 3.10. The van der Waals surface area contributed by atoms with E-state index < -0.39 is 5.92 Å². The summed E-state index contributed by atoms with van der Waals surface area (Å²) in [4.78, 5) is 17.2. The van der Waals surface area contributed by atoms with E-state index >= 15 is 0 Å². The molecule has 0 unspecified atom stereocenters. The lowest BCUT2D eigenvalue weighted by molar-refractivity contribution is -0.116. The molecule has 0 aliphatic heterocycles. The van der Waals surface area contributed by atoms with Gasteiger partial charge in [0.05, 0.1) is 5.69 Å². The Morgan fingerprint density at radius 2 is 1.86 bits per heavy atom. The van der Waals surface area contributed by atoms with Crippen molar-refractivity contribution in [3.05, 3.63) is 102 Å². The van der Waals surface area contributed by atoms with E-state index in [4.69, 9.17) is 0 Å². The van der Waals surface area contributed by atoms with Gasteiger partial charge in [-0.3, -0.25) is 4.79 Å². The van der Waals surface area contributed by atoms with Crippen molar-refractivity contribution in [2.45, 2.75) is 19.3 Å². The third-order valence-electron chi connectivity index (χ3n) is 4.82. The van der Waals surface area contributed by atoms with Gasteiger partial charge in [-0.2, -0.15) is 0 Å². The lowest BCUT2D eigenvalue weighted by Crippen LogP contribution is -2.17. The monoisotopic (exact) mass is 391 g/mol. The highest BCUT2D eigenvalue weighted by molar-refractivity contribution is 5.91. The lowest BCUT2D eigenvalue weighted by Gasteiger charge is -2.17. The highest BCUT2D eigenvalue weighted by Gasteiger charge is 2.22. The first-order valence-corrected chi connectivity index (χ1v) is 9.24. The predicted molar refractivity (Wildman–Crippen MR) is 108 cm³/mol. The second-order valence-electron chi connectivity index (χ2n) is 6.98. The third kappa shape index (κ3) is 4.16. The molecule has 1 N–H and O–H groups in total. The molecule has 2 aromatic heterocycles. The molecule has 4 nitrogen and oxygen atoms in total. The molecule has 0 fully saturated rings. The minimum atomic E-state index is -0.399. The number of pyridine rings is 1. The number of hydrogen-bond acceptors (Lipinski definition) is 2. The van der Waals surface area contributed by atoms with Crippen LogP contribution in [-0.2, 0) is 4.79 Å². The molecule has 1 atom stereocenters. The molecule has 0 spiro atoms. The fourth-order valence-electron chi connectivity index (χ4n) is 3.41. The first kappa shape index (κ1) is 18.8. The molecule has 2 aromatic carbocycles. The first-order chi connectivity index (χ1) is 14.0. The number of hydrogen-bond donors (Lipinski definition) is 1. The third-order valence-corrected chi connectivity index (χ3v) is 4.82. The van der Waals surface area contributed by atoms with Crippen LogP contribution in [0.4, 0.5) is 14.5 Å². The van der Waals surface area contributed by atoms with Gasteiger partial charge in [-0.05, 0) is 66.6 Å². The van der Waals surface area contributed by atoms with E-state index in [1.165, 1.54) is 36.4 Å². The smallest absolute Gasteiger partial charge is 0.225 e. The first-order valence-electron chi connectivity index (χ1n) is 9.24. The van der Waals surface area contributed by atoms with Crippen LogP contribution in [0.15, 0.2) is 73.1 Å². The Morgan fingerprint density at radius 3 is 2.62 bits per heavy atom. The molecule has 4 rings (SSSR count). The van der Waals surface area contributed by atoms with Gasteiger partial charge in [-0.25, -0.2) is 13.8 Å². The van der Waals surface area contributed by atoms with Crippen molar-refractivity contribution in [1.29, 1.82) is 0 Å². The Kier molecular flexibility index (Phi) is 5.08. The molecule has 1 amide bonds. The Bertz CT molecular complexity index is 1170. The minimum absolute atomic E-state index is 0.0858. The van der Waals surface area contributed by atoms with E-state index in [1.807, 2.05) is 29.7 Å². The van der Waals surface area contributed by atoms with Crippen LogP contribution in [0.3, 0.4) is 0 Å². The lowest BCUT2D eigenvalue weighted by atomic mass is 9.92. The molecular weight excluding hydrogens is 372 g/mol. The quantitative estimate of drug-likeness (QED) is 0.516. The van der Waals surface area contributed by atoms with Gasteiger partial charge in [0.15, 0.2) is 0 Å². The van der Waals surface area contributed by atoms with Gasteiger partial charge in [-0.1, -0.05) is 12.1 Å². The zero-order valence-electron chi connectivity index (χ0n) is 15.8. The highest BCUT2D eigenvalue weighted by Crippen LogP contribution is 2.30. The molecule has 29 heavy (non-hydrogen) atoms. The van der Waals surface area contributed by atoms with Crippen molar-refractivity contribution in [2.75, 3.05) is 5.32 Å². The van der Waals surface area contributed by atoms with Gasteiger partial charge in [0.1, 0.15) is 17.3 Å². The molecular formula is C23H19F2N3O. The Hall–Kier alpha value is -3.54. The fourth-order valence-corrected chi connectivity index (χ4v) is 3.41. The van der Waals surface area contributed by atoms with E-state index in [9.17, 15) is 13.6 Å². The van der Waals surface area contributed by atoms with Gasteiger partial charge < -0.3 is 9.72 Å². The number of imidazole rings is 1. The maximum atomic E-state index is 13.9. The number of amides is 1. The van der Waals surface area contributed by atoms with E-state index in [2.05, 4.69) is 10.3 Å². The number of nitrogens with one attached hydrogen (secondary N) is 1. The van der Waals surface area contributed by atoms with Crippen LogP contribution in [-0.4, -0.2) is 15.3 Å². The summed E-state index contributed by atoms with van der Waals surface area (Å²) in [6.45, 7) is 1.98. The average molecular weight is 391 g/mol. The van der Waals surface area contributed by atoms with Gasteiger partial charge in [0.2, 0.25) is 5.91 Å². The Balaban J connectivity index is 1.68. The highest BCUT2D eigenvalue weighted by atomic mass is 19.1. The van der Waals surface area contributed by atoms with Crippen LogP contribution in [0.25, 0.3) is 5.65 Å². The Labute approximate surface area is 166 Å². The van der Waals surface area contributed by atoms with Crippen molar-refractivity contribution < 1.29 is 13.6 Å². The van der Waals surface area contributed by atoms with Crippen LogP contribution >= 0.6 is 0 Å². The molecule has 0 radical (unpaired) electrons. The van der Waals surface area contributed by atoms with Crippen LogP contribution in [0.1, 0.15) is 29.2 Å². The molecule has 2 heterocycles. The predicted octanol–water partition coefficient (Wildman–Crippen LogP) is 5.08. The summed E-state index contributed by atoms with van der Waals surface area (Å²) in [6.07, 6.45) is 3.70. The molecule has 0 saturated heterocycles. The molecule has 0 bridgehead atoms.